The molecule has 0 saturated heterocycles. The molecule has 0 aliphatic rings. The molecule has 0 heterocycles. The number of amides is 1. The number of aromatic carboxylic acids is 1. The van der Waals surface area contributed by atoms with Crippen LogP contribution in [0.15, 0.2) is 18.2 Å². The largest absolute Gasteiger partial charge is 0.497 e. The minimum atomic E-state index is -1.09. The number of carbonyl (C=O) groups excluding carboxylic acids is 1. The molecule has 98 valence electrons. The average molecular weight is 253 g/mol. The van der Waals surface area contributed by atoms with Gasteiger partial charge < -0.3 is 19.9 Å². The Labute approximate surface area is 105 Å². The van der Waals surface area contributed by atoms with Gasteiger partial charge in [0.2, 0.25) is 5.91 Å². The molecule has 1 aromatic rings. The summed E-state index contributed by atoms with van der Waals surface area (Å²) in [7, 11) is 3.00. The van der Waals surface area contributed by atoms with E-state index >= 15 is 0 Å². The SMILES string of the molecule is CNC(=O)CCOc1cc(OC)ccc1C(=O)O. The minimum absolute atomic E-state index is 0.0349. The van der Waals surface area contributed by atoms with E-state index in [1.54, 1.807) is 0 Å². The highest BCUT2D eigenvalue weighted by atomic mass is 16.5. The normalized spacial score (nSPS) is 9.67. The quantitative estimate of drug-likeness (QED) is 0.787. The van der Waals surface area contributed by atoms with E-state index in [2.05, 4.69) is 5.32 Å². The van der Waals surface area contributed by atoms with E-state index in [-0.39, 0.29) is 30.2 Å². The predicted octanol–water partition coefficient (Wildman–Crippen LogP) is 0.908. The van der Waals surface area contributed by atoms with Gasteiger partial charge in [-0.15, -0.1) is 0 Å². The molecule has 1 rings (SSSR count). The van der Waals surface area contributed by atoms with Crippen molar-refractivity contribution >= 4 is 11.9 Å². The summed E-state index contributed by atoms with van der Waals surface area (Å²) in [5.74, 6) is -0.580. The van der Waals surface area contributed by atoms with Crippen molar-refractivity contribution in [2.24, 2.45) is 0 Å². The Morgan fingerprint density at radius 3 is 2.67 bits per heavy atom. The van der Waals surface area contributed by atoms with Crippen molar-refractivity contribution in [3.8, 4) is 11.5 Å². The molecule has 18 heavy (non-hydrogen) atoms. The second-order valence-electron chi connectivity index (χ2n) is 3.44. The lowest BCUT2D eigenvalue weighted by molar-refractivity contribution is -0.121. The van der Waals surface area contributed by atoms with Crippen LogP contribution in [0.1, 0.15) is 16.8 Å². The van der Waals surface area contributed by atoms with Crippen LogP contribution in [0.2, 0.25) is 0 Å². The molecule has 0 saturated carbocycles. The lowest BCUT2D eigenvalue weighted by Gasteiger charge is -2.10. The Bertz CT molecular complexity index is 444. The van der Waals surface area contributed by atoms with Crippen LogP contribution in [0, 0.1) is 0 Å². The van der Waals surface area contributed by atoms with E-state index < -0.39 is 5.97 Å². The number of rotatable bonds is 6. The van der Waals surface area contributed by atoms with Gasteiger partial charge in [-0.3, -0.25) is 4.79 Å². The molecule has 0 spiro atoms. The second kappa shape index (κ2) is 6.48. The van der Waals surface area contributed by atoms with Gasteiger partial charge in [-0.25, -0.2) is 4.79 Å². The summed E-state index contributed by atoms with van der Waals surface area (Å²) in [5, 5.41) is 11.4. The molecule has 0 aliphatic heterocycles. The van der Waals surface area contributed by atoms with Crippen LogP contribution in [0.3, 0.4) is 0 Å². The molecule has 0 bridgehead atoms. The van der Waals surface area contributed by atoms with E-state index in [0.29, 0.717) is 5.75 Å². The summed E-state index contributed by atoms with van der Waals surface area (Å²) >= 11 is 0. The molecule has 0 unspecified atom stereocenters. The van der Waals surface area contributed by atoms with Crippen LogP contribution >= 0.6 is 0 Å². The number of hydrogen-bond donors (Lipinski definition) is 2. The fraction of sp³-hybridized carbons (Fsp3) is 0.333. The highest BCUT2D eigenvalue weighted by Crippen LogP contribution is 2.24. The van der Waals surface area contributed by atoms with Crippen LogP contribution in [0.25, 0.3) is 0 Å². The molecule has 6 heteroatoms. The Balaban J connectivity index is 2.78. The van der Waals surface area contributed by atoms with Crippen LogP contribution < -0.4 is 14.8 Å². The summed E-state index contributed by atoms with van der Waals surface area (Å²) in [6.07, 6.45) is 0.159. The molecule has 0 fully saturated rings. The van der Waals surface area contributed by atoms with Gasteiger partial charge in [0.1, 0.15) is 17.1 Å². The molecule has 0 radical (unpaired) electrons. The smallest absolute Gasteiger partial charge is 0.339 e. The molecular formula is C12H15NO5. The summed E-state index contributed by atoms with van der Waals surface area (Å²) < 4.78 is 10.3. The van der Waals surface area contributed by atoms with Crippen molar-refractivity contribution in [1.29, 1.82) is 0 Å². The van der Waals surface area contributed by atoms with Crippen molar-refractivity contribution in [1.82, 2.24) is 5.32 Å². The topological polar surface area (TPSA) is 84.9 Å². The Morgan fingerprint density at radius 1 is 1.39 bits per heavy atom. The molecule has 2 N–H and O–H groups in total. The number of nitrogens with one attached hydrogen (secondary N) is 1. The van der Waals surface area contributed by atoms with Gasteiger partial charge in [0.25, 0.3) is 0 Å². The monoisotopic (exact) mass is 253 g/mol. The van der Waals surface area contributed by atoms with Crippen molar-refractivity contribution in [2.45, 2.75) is 6.42 Å². The predicted molar refractivity (Wildman–Crippen MR) is 64.1 cm³/mol. The van der Waals surface area contributed by atoms with E-state index in [1.165, 1.54) is 32.4 Å². The molecule has 0 atom stereocenters. The average Bonchev–Trinajstić information content (AvgIpc) is 2.37. The highest BCUT2D eigenvalue weighted by Gasteiger charge is 2.12. The van der Waals surface area contributed by atoms with Crippen molar-refractivity contribution in [2.75, 3.05) is 20.8 Å². The van der Waals surface area contributed by atoms with Gasteiger partial charge in [-0.1, -0.05) is 0 Å². The van der Waals surface area contributed by atoms with Gasteiger partial charge in [-0.2, -0.15) is 0 Å². The van der Waals surface area contributed by atoms with E-state index in [9.17, 15) is 9.59 Å². The van der Waals surface area contributed by atoms with Gasteiger partial charge in [0.05, 0.1) is 20.1 Å². The number of carboxylic acid groups (broad SMARTS) is 1. The summed E-state index contributed by atoms with van der Waals surface area (Å²) in [5.41, 5.74) is 0.0349. The fourth-order valence-corrected chi connectivity index (χ4v) is 1.30. The Hall–Kier alpha value is -2.24. The lowest BCUT2D eigenvalue weighted by atomic mass is 10.2. The summed E-state index contributed by atoms with van der Waals surface area (Å²) in [6, 6.07) is 4.42. The summed E-state index contributed by atoms with van der Waals surface area (Å²) in [6.45, 7) is 0.104. The molecule has 1 amide bonds. The third-order valence-corrected chi connectivity index (χ3v) is 2.28. The second-order valence-corrected chi connectivity index (χ2v) is 3.44. The van der Waals surface area contributed by atoms with E-state index in [4.69, 9.17) is 14.6 Å². The molecular weight excluding hydrogens is 238 g/mol. The van der Waals surface area contributed by atoms with Gasteiger partial charge in [-0.05, 0) is 12.1 Å². The number of carbonyl (C=O) groups is 2. The van der Waals surface area contributed by atoms with Crippen LogP contribution in [-0.4, -0.2) is 37.7 Å². The van der Waals surface area contributed by atoms with Crippen molar-refractivity contribution < 1.29 is 24.2 Å². The third-order valence-electron chi connectivity index (χ3n) is 2.28. The third kappa shape index (κ3) is 3.65. The Morgan fingerprint density at radius 2 is 2.11 bits per heavy atom. The van der Waals surface area contributed by atoms with Gasteiger partial charge in [0.15, 0.2) is 0 Å². The molecule has 0 aliphatic carbocycles. The molecule has 6 nitrogen and oxygen atoms in total. The molecule has 0 aromatic heterocycles. The number of carboxylic acids is 1. The van der Waals surface area contributed by atoms with Crippen molar-refractivity contribution in [3.05, 3.63) is 23.8 Å². The first-order chi connectivity index (χ1) is 8.58. The zero-order valence-electron chi connectivity index (χ0n) is 10.2. The number of hydrogen-bond acceptors (Lipinski definition) is 4. The highest BCUT2D eigenvalue weighted by molar-refractivity contribution is 5.91. The number of methoxy groups -OCH3 is 1. The standard InChI is InChI=1S/C12H15NO5/c1-13-11(14)5-6-18-10-7-8(17-2)3-4-9(10)12(15)16/h3-4,7H,5-6H2,1-2H3,(H,13,14)(H,15,16). The Kier molecular flexibility index (Phi) is 4.98. The maximum absolute atomic E-state index is 11.0. The zero-order valence-corrected chi connectivity index (χ0v) is 10.2. The zero-order chi connectivity index (χ0) is 13.5. The van der Waals surface area contributed by atoms with E-state index in [0.717, 1.165) is 0 Å². The number of ether oxygens (including phenoxy) is 2. The first-order valence-corrected chi connectivity index (χ1v) is 5.33. The number of benzene rings is 1. The maximum Gasteiger partial charge on any atom is 0.339 e. The van der Waals surface area contributed by atoms with Gasteiger partial charge in [0, 0.05) is 13.1 Å². The summed E-state index contributed by atoms with van der Waals surface area (Å²) in [4.78, 5) is 22.0. The first kappa shape index (κ1) is 13.8. The van der Waals surface area contributed by atoms with Crippen molar-refractivity contribution in [3.63, 3.8) is 0 Å². The maximum atomic E-state index is 11.0. The van der Waals surface area contributed by atoms with E-state index in [1.807, 2.05) is 0 Å². The lowest BCUT2D eigenvalue weighted by Crippen LogP contribution is -2.20. The minimum Gasteiger partial charge on any atom is -0.497 e. The van der Waals surface area contributed by atoms with Gasteiger partial charge >= 0.3 is 5.97 Å². The first-order valence-electron chi connectivity index (χ1n) is 5.33. The fourth-order valence-electron chi connectivity index (χ4n) is 1.30. The van der Waals surface area contributed by atoms with Crippen LogP contribution in [0.4, 0.5) is 0 Å². The van der Waals surface area contributed by atoms with Crippen LogP contribution in [-0.2, 0) is 4.79 Å². The molecule has 1 aromatic carbocycles. The van der Waals surface area contributed by atoms with Crippen LogP contribution in [0.5, 0.6) is 11.5 Å².